The van der Waals surface area contributed by atoms with E-state index in [0.717, 1.165) is 49.8 Å². The maximum absolute atomic E-state index is 13.3. The van der Waals surface area contributed by atoms with Gasteiger partial charge in [0.25, 0.3) is 5.91 Å². The summed E-state index contributed by atoms with van der Waals surface area (Å²) >= 11 is 0. The van der Waals surface area contributed by atoms with Gasteiger partial charge in [0.2, 0.25) is 0 Å². The third kappa shape index (κ3) is 5.02. The number of rotatable bonds is 7. The Bertz CT molecular complexity index is 815. The Labute approximate surface area is 198 Å². The largest absolute Gasteiger partial charge is 0.493 e. The number of ether oxygens (including phenoxy) is 2. The van der Waals surface area contributed by atoms with E-state index in [1.165, 1.54) is 19.3 Å². The molecule has 4 unspecified atom stereocenters. The molecule has 3 fully saturated rings. The van der Waals surface area contributed by atoms with Crippen LogP contribution >= 0.6 is 0 Å². The highest BCUT2D eigenvalue weighted by molar-refractivity contribution is 5.81. The molecule has 6 heteroatoms. The van der Waals surface area contributed by atoms with Crippen molar-refractivity contribution in [3.05, 3.63) is 23.8 Å². The molecule has 0 aromatic heterocycles. The Morgan fingerprint density at radius 2 is 1.73 bits per heavy atom. The summed E-state index contributed by atoms with van der Waals surface area (Å²) < 4.78 is 11.9. The summed E-state index contributed by atoms with van der Waals surface area (Å²) in [5.41, 5.74) is 0.524. The van der Waals surface area contributed by atoms with Crippen LogP contribution in [0.3, 0.4) is 0 Å². The zero-order valence-corrected chi connectivity index (χ0v) is 20.5. The molecule has 3 aliphatic rings. The molecule has 1 aromatic carbocycles. The number of likely N-dealkylation sites (tertiary alicyclic amines) is 1. The number of hydrogen-bond acceptors (Lipinski definition) is 5. The second-order valence-corrected chi connectivity index (χ2v) is 10.7. The van der Waals surface area contributed by atoms with Gasteiger partial charge in [0.1, 0.15) is 6.10 Å². The number of carbonyl (C=O) groups is 1. The summed E-state index contributed by atoms with van der Waals surface area (Å²) in [6.07, 6.45) is 8.34. The number of methoxy groups -OCH3 is 1. The summed E-state index contributed by atoms with van der Waals surface area (Å²) in [6, 6.07) is 5.99. The van der Waals surface area contributed by atoms with Crippen LogP contribution in [0.2, 0.25) is 0 Å². The normalized spacial score (nSPS) is 28.6. The van der Waals surface area contributed by atoms with Crippen molar-refractivity contribution >= 4 is 5.91 Å². The summed E-state index contributed by atoms with van der Waals surface area (Å²) in [5.74, 6) is 1.25. The van der Waals surface area contributed by atoms with Crippen LogP contribution in [0.5, 0.6) is 11.5 Å². The molecular weight excluding hydrogens is 418 g/mol. The van der Waals surface area contributed by atoms with Crippen LogP contribution in [0.15, 0.2) is 18.2 Å². The number of hydrogen-bond donors (Lipinski definition) is 2. The highest BCUT2D eigenvalue weighted by atomic mass is 16.5. The minimum atomic E-state index is -0.945. The smallest absolute Gasteiger partial charge is 0.251 e. The van der Waals surface area contributed by atoms with E-state index in [1.54, 1.807) is 18.9 Å². The lowest BCUT2D eigenvalue weighted by atomic mass is 9.72. The molecule has 1 aromatic rings. The molecule has 184 valence electrons. The fourth-order valence-electron chi connectivity index (χ4n) is 6.12. The van der Waals surface area contributed by atoms with Gasteiger partial charge in [-0.05, 0) is 69.1 Å². The van der Waals surface area contributed by atoms with Gasteiger partial charge in [0, 0.05) is 24.4 Å². The fourth-order valence-corrected chi connectivity index (χ4v) is 6.12. The molecule has 4 rings (SSSR count). The predicted molar refractivity (Wildman–Crippen MR) is 128 cm³/mol. The van der Waals surface area contributed by atoms with Crippen molar-refractivity contribution in [2.24, 2.45) is 11.3 Å². The lowest BCUT2D eigenvalue weighted by molar-refractivity contribution is -0.143. The molecule has 33 heavy (non-hydrogen) atoms. The van der Waals surface area contributed by atoms with Crippen molar-refractivity contribution in [2.45, 2.75) is 95.9 Å². The molecule has 2 aliphatic carbocycles. The predicted octanol–water partition coefficient (Wildman–Crippen LogP) is 4.27. The Morgan fingerprint density at radius 3 is 2.36 bits per heavy atom. The molecular formula is C27H41NO5. The lowest BCUT2D eigenvalue weighted by Crippen LogP contribution is -2.44. The van der Waals surface area contributed by atoms with Crippen molar-refractivity contribution in [3.63, 3.8) is 0 Å². The third-order valence-electron chi connectivity index (χ3n) is 8.53. The second-order valence-electron chi connectivity index (χ2n) is 10.7. The summed E-state index contributed by atoms with van der Waals surface area (Å²) in [7, 11) is 1.65. The van der Waals surface area contributed by atoms with Crippen LogP contribution in [-0.2, 0) is 4.79 Å². The van der Waals surface area contributed by atoms with Crippen molar-refractivity contribution in [2.75, 3.05) is 20.2 Å². The fraction of sp³-hybridized carbons (Fsp3) is 0.741. The van der Waals surface area contributed by atoms with Gasteiger partial charge in [-0.1, -0.05) is 32.3 Å². The van der Waals surface area contributed by atoms with Crippen LogP contribution in [0.25, 0.3) is 0 Å². The van der Waals surface area contributed by atoms with Crippen molar-refractivity contribution < 1.29 is 24.5 Å². The first kappa shape index (κ1) is 24.3. The average molecular weight is 460 g/mol. The van der Waals surface area contributed by atoms with E-state index in [1.807, 2.05) is 25.1 Å². The quantitative estimate of drug-likeness (QED) is 0.637. The molecule has 0 radical (unpaired) electrons. The van der Waals surface area contributed by atoms with Gasteiger partial charge in [-0.2, -0.15) is 0 Å². The average Bonchev–Trinajstić information content (AvgIpc) is 3.47. The number of benzene rings is 1. The van der Waals surface area contributed by atoms with Crippen LogP contribution in [0.1, 0.15) is 83.1 Å². The second kappa shape index (κ2) is 10.2. The van der Waals surface area contributed by atoms with E-state index < -0.39 is 17.6 Å². The monoisotopic (exact) mass is 459 g/mol. The maximum atomic E-state index is 13.3. The summed E-state index contributed by atoms with van der Waals surface area (Å²) in [5, 5.41) is 21.6. The SMILES string of the molecule is COc1ccc(C2CN(C(=O)C(O)C3CCCCC3)CC2(C)C(C)O)cc1OC1CCCC1. The Hall–Kier alpha value is -1.79. The van der Waals surface area contributed by atoms with Crippen molar-refractivity contribution in [1.82, 2.24) is 4.90 Å². The molecule has 0 bridgehead atoms. The first-order valence-electron chi connectivity index (χ1n) is 12.8. The van der Waals surface area contributed by atoms with E-state index in [-0.39, 0.29) is 23.8 Å². The lowest BCUT2D eigenvalue weighted by Gasteiger charge is -2.34. The molecule has 6 nitrogen and oxygen atoms in total. The highest BCUT2D eigenvalue weighted by Gasteiger charge is 2.49. The van der Waals surface area contributed by atoms with Gasteiger partial charge in [-0.15, -0.1) is 0 Å². The van der Waals surface area contributed by atoms with Gasteiger partial charge >= 0.3 is 0 Å². The van der Waals surface area contributed by atoms with Gasteiger partial charge in [0.05, 0.1) is 19.3 Å². The molecule has 0 spiro atoms. The molecule has 4 atom stereocenters. The topological polar surface area (TPSA) is 79.2 Å². The number of carbonyl (C=O) groups excluding carboxylic acids is 1. The van der Waals surface area contributed by atoms with Crippen LogP contribution in [-0.4, -0.2) is 59.5 Å². The summed E-state index contributed by atoms with van der Waals surface area (Å²) in [6.45, 7) is 4.77. The van der Waals surface area contributed by atoms with Crippen molar-refractivity contribution in [1.29, 1.82) is 0 Å². The minimum Gasteiger partial charge on any atom is -0.493 e. The van der Waals surface area contributed by atoms with Crippen LogP contribution < -0.4 is 9.47 Å². The zero-order chi connectivity index (χ0) is 23.6. The molecule has 1 aliphatic heterocycles. The standard InChI is InChI=1S/C27H41NO5/c1-18(29)27(2)17-28(26(31)25(30)19-9-5-4-6-10-19)16-22(27)20-13-14-23(32-3)24(15-20)33-21-11-7-8-12-21/h13-15,18-19,21-22,25,29-30H,4-12,16-17H2,1-3H3. The molecule has 2 saturated carbocycles. The molecule has 1 amide bonds. The van der Waals surface area contributed by atoms with Crippen molar-refractivity contribution in [3.8, 4) is 11.5 Å². The zero-order valence-electron chi connectivity index (χ0n) is 20.5. The van der Waals surface area contributed by atoms with Crippen LogP contribution in [0, 0.1) is 11.3 Å². The maximum Gasteiger partial charge on any atom is 0.251 e. The third-order valence-corrected chi connectivity index (χ3v) is 8.53. The number of aliphatic hydroxyl groups excluding tert-OH is 2. The highest BCUT2D eigenvalue weighted by Crippen LogP contribution is 2.47. The number of amides is 1. The minimum absolute atomic E-state index is 0.0514. The van der Waals surface area contributed by atoms with Gasteiger partial charge < -0.3 is 24.6 Å². The molecule has 1 saturated heterocycles. The Morgan fingerprint density at radius 1 is 1.06 bits per heavy atom. The van der Waals surface area contributed by atoms with E-state index in [0.29, 0.717) is 18.8 Å². The van der Waals surface area contributed by atoms with Gasteiger partial charge in [-0.25, -0.2) is 0 Å². The first-order chi connectivity index (χ1) is 15.8. The molecule has 1 heterocycles. The number of nitrogens with zero attached hydrogens (tertiary/aromatic N) is 1. The van der Waals surface area contributed by atoms with E-state index in [9.17, 15) is 15.0 Å². The Balaban J connectivity index is 1.57. The van der Waals surface area contributed by atoms with E-state index >= 15 is 0 Å². The summed E-state index contributed by atoms with van der Waals surface area (Å²) in [4.78, 5) is 15.1. The first-order valence-corrected chi connectivity index (χ1v) is 12.8. The van der Waals surface area contributed by atoms with Crippen LogP contribution in [0.4, 0.5) is 0 Å². The van der Waals surface area contributed by atoms with E-state index in [4.69, 9.17) is 9.47 Å². The Kier molecular flexibility index (Phi) is 7.54. The van der Waals surface area contributed by atoms with E-state index in [2.05, 4.69) is 0 Å². The van der Waals surface area contributed by atoms with Gasteiger partial charge in [0.15, 0.2) is 11.5 Å². The van der Waals surface area contributed by atoms with Gasteiger partial charge in [-0.3, -0.25) is 4.79 Å². The number of aliphatic hydroxyl groups is 2. The molecule has 2 N–H and O–H groups in total.